The first-order valence-electron chi connectivity index (χ1n) is 5.57. The standard InChI is InChI=1S/C10H13N3O4S/c14-13(15)9-4-2-6-12-10(9)18(16,17)8-3-1-5-11-7-8/h2,4,6,8,11H,1,3,5,7H2. The second-order valence-electron chi connectivity index (χ2n) is 4.10. The zero-order valence-corrected chi connectivity index (χ0v) is 10.4. The van der Waals surface area contributed by atoms with Gasteiger partial charge in [-0.15, -0.1) is 0 Å². The predicted octanol–water partition coefficient (Wildman–Crippen LogP) is 0.516. The summed E-state index contributed by atoms with van der Waals surface area (Å²) in [6, 6.07) is 2.52. The van der Waals surface area contributed by atoms with Crippen LogP contribution in [0.15, 0.2) is 23.4 Å². The fourth-order valence-corrected chi connectivity index (χ4v) is 3.75. The van der Waals surface area contributed by atoms with Gasteiger partial charge < -0.3 is 5.32 Å². The van der Waals surface area contributed by atoms with Crippen LogP contribution in [0.4, 0.5) is 5.69 Å². The summed E-state index contributed by atoms with van der Waals surface area (Å²) in [7, 11) is -3.75. The molecule has 2 rings (SSSR count). The van der Waals surface area contributed by atoms with Crippen LogP contribution >= 0.6 is 0 Å². The number of nitro groups is 1. The molecule has 7 nitrogen and oxygen atoms in total. The first-order chi connectivity index (χ1) is 8.53. The van der Waals surface area contributed by atoms with Crippen LogP contribution < -0.4 is 5.32 Å². The Kier molecular flexibility index (Phi) is 3.58. The largest absolute Gasteiger partial charge is 0.315 e. The number of pyridine rings is 1. The normalized spacial score (nSPS) is 20.6. The summed E-state index contributed by atoms with van der Waals surface area (Å²) in [5, 5.41) is 12.8. The van der Waals surface area contributed by atoms with Crippen molar-refractivity contribution in [2.75, 3.05) is 13.1 Å². The van der Waals surface area contributed by atoms with Crippen molar-refractivity contribution < 1.29 is 13.3 Å². The van der Waals surface area contributed by atoms with Gasteiger partial charge in [-0.05, 0) is 25.5 Å². The SMILES string of the molecule is O=[N+]([O-])c1cccnc1S(=O)(=O)C1CCCNC1. The van der Waals surface area contributed by atoms with Gasteiger partial charge in [0.05, 0.1) is 10.2 Å². The molecule has 98 valence electrons. The molecule has 0 saturated carbocycles. The molecule has 0 bridgehead atoms. The summed E-state index contributed by atoms with van der Waals surface area (Å²) in [4.78, 5) is 13.8. The predicted molar refractivity (Wildman–Crippen MR) is 64.0 cm³/mol. The Morgan fingerprint density at radius 2 is 2.28 bits per heavy atom. The lowest BCUT2D eigenvalue weighted by atomic mass is 10.2. The summed E-state index contributed by atoms with van der Waals surface area (Å²) < 4.78 is 24.6. The van der Waals surface area contributed by atoms with E-state index in [9.17, 15) is 18.5 Å². The Morgan fingerprint density at radius 1 is 1.50 bits per heavy atom. The van der Waals surface area contributed by atoms with Gasteiger partial charge in [0.15, 0.2) is 0 Å². The van der Waals surface area contributed by atoms with E-state index in [1.165, 1.54) is 12.3 Å². The van der Waals surface area contributed by atoms with Gasteiger partial charge in [0.25, 0.3) is 0 Å². The highest BCUT2D eigenvalue weighted by molar-refractivity contribution is 7.92. The molecule has 0 amide bonds. The van der Waals surface area contributed by atoms with Crippen molar-refractivity contribution in [3.8, 4) is 0 Å². The Labute approximate surface area is 104 Å². The lowest BCUT2D eigenvalue weighted by Gasteiger charge is -2.22. The fourth-order valence-electron chi connectivity index (χ4n) is 1.98. The molecule has 1 aromatic rings. The second kappa shape index (κ2) is 4.99. The van der Waals surface area contributed by atoms with E-state index in [4.69, 9.17) is 0 Å². The van der Waals surface area contributed by atoms with E-state index in [1.807, 2.05) is 0 Å². The Balaban J connectivity index is 2.43. The molecule has 1 fully saturated rings. The van der Waals surface area contributed by atoms with Gasteiger partial charge in [-0.25, -0.2) is 13.4 Å². The molecule has 1 N–H and O–H groups in total. The van der Waals surface area contributed by atoms with E-state index >= 15 is 0 Å². The summed E-state index contributed by atoms with van der Waals surface area (Å²) in [6.45, 7) is 1.09. The zero-order chi connectivity index (χ0) is 13.2. The quantitative estimate of drug-likeness (QED) is 0.635. The maximum Gasteiger partial charge on any atom is 0.306 e. The number of nitrogens with one attached hydrogen (secondary N) is 1. The maximum absolute atomic E-state index is 12.3. The molecule has 2 heterocycles. The van der Waals surface area contributed by atoms with Gasteiger partial charge in [-0.1, -0.05) is 0 Å². The monoisotopic (exact) mass is 271 g/mol. The van der Waals surface area contributed by atoms with Gasteiger partial charge in [0.1, 0.15) is 0 Å². The van der Waals surface area contributed by atoms with Crippen molar-refractivity contribution in [1.82, 2.24) is 10.3 Å². The molecule has 18 heavy (non-hydrogen) atoms. The average Bonchev–Trinajstić information content (AvgIpc) is 2.39. The van der Waals surface area contributed by atoms with Crippen LogP contribution in [0.5, 0.6) is 0 Å². The molecule has 0 aromatic carbocycles. The van der Waals surface area contributed by atoms with Gasteiger partial charge in [0, 0.05) is 18.8 Å². The average molecular weight is 271 g/mol. The van der Waals surface area contributed by atoms with Crippen LogP contribution in [0.25, 0.3) is 0 Å². The third kappa shape index (κ3) is 2.34. The van der Waals surface area contributed by atoms with Gasteiger partial charge in [-0.3, -0.25) is 10.1 Å². The van der Waals surface area contributed by atoms with E-state index in [2.05, 4.69) is 10.3 Å². The van der Waals surface area contributed by atoms with E-state index in [0.717, 1.165) is 19.0 Å². The molecule has 1 aliphatic heterocycles. The molecule has 1 aliphatic rings. The van der Waals surface area contributed by atoms with Crippen LogP contribution in [0.1, 0.15) is 12.8 Å². The lowest BCUT2D eigenvalue weighted by Crippen LogP contribution is -2.39. The van der Waals surface area contributed by atoms with Crippen molar-refractivity contribution in [3.05, 3.63) is 28.4 Å². The number of hydrogen-bond acceptors (Lipinski definition) is 6. The molecule has 1 saturated heterocycles. The van der Waals surface area contributed by atoms with E-state index in [0.29, 0.717) is 13.0 Å². The molecule has 0 radical (unpaired) electrons. The molecule has 8 heteroatoms. The van der Waals surface area contributed by atoms with E-state index in [1.54, 1.807) is 0 Å². The summed E-state index contributed by atoms with van der Waals surface area (Å²) in [5.41, 5.74) is -0.455. The number of nitrogens with zero attached hydrogens (tertiary/aromatic N) is 2. The smallest absolute Gasteiger partial charge is 0.306 e. The van der Waals surface area contributed by atoms with E-state index in [-0.39, 0.29) is 0 Å². The number of sulfone groups is 1. The molecule has 1 unspecified atom stereocenters. The minimum absolute atomic E-state index is 0.316. The topological polar surface area (TPSA) is 102 Å². The molecule has 1 atom stereocenters. The van der Waals surface area contributed by atoms with Crippen LogP contribution in [0.2, 0.25) is 0 Å². The third-order valence-corrected chi connectivity index (χ3v) is 5.04. The molecular weight excluding hydrogens is 258 g/mol. The van der Waals surface area contributed by atoms with Crippen molar-refractivity contribution in [2.45, 2.75) is 23.1 Å². The third-order valence-electron chi connectivity index (χ3n) is 2.91. The molecule has 1 aromatic heterocycles. The highest BCUT2D eigenvalue weighted by Crippen LogP contribution is 2.26. The second-order valence-corrected chi connectivity index (χ2v) is 6.24. The van der Waals surface area contributed by atoms with Crippen molar-refractivity contribution in [2.24, 2.45) is 0 Å². The van der Waals surface area contributed by atoms with Gasteiger partial charge >= 0.3 is 5.69 Å². The minimum Gasteiger partial charge on any atom is -0.315 e. The van der Waals surface area contributed by atoms with Crippen LogP contribution in [-0.4, -0.2) is 36.7 Å². The Bertz CT molecular complexity index is 552. The van der Waals surface area contributed by atoms with Crippen molar-refractivity contribution >= 4 is 15.5 Å². The summed E-state index contributed by atoms with van der Waals surface area (Å²) in [6.07, 6.45) is 2.50. The summed E-state index contributed by atoms with van der Waals surface area (Å²) >= 11 is 0. The molecule has 0 spiro atoms. The fraction of sp³-hybridized carbons (Fsp3) is 0.500. The van der Waals surface area contributed by atoms with Crippen LogP contribution in [0, 0.1) is 10.1 Å². The van der Waals surface area contributed by atoms with E-state index < -0.39 is 30.7 Å². The Hall–Kier alpha value is -1.54. The number of piperidine rings is 1. The molecule has 0 aliphatic carbocycles. The minimum atomic E-state index is -3.75. The zero-order valence-electron chi connectivity index (χ0n) is 9.57. The van der Waals surface area contributed by atoms with Crippen LogP contribution in [0.3, 0.4) is 0 Å². The lowest BCUT2D eigenvalue weighted by molar-refractivity contribution is -0.388. The highest BCUT2D eigenvalue weighted by atomic mass is 32.2. The van der Waals surface area contributed by atoms with Crippen LogP contribution in [-0.2, 0) is 9.84 Å². The summed E-state index contributed by atoms with van der Waals surface area (Å²) in [5.74, 6) is 0. The molecular formula is C10H13N3O4S. The first kappa shape index (κ1) is 12.9. The van der Waals surface area contributed by atoms with Crippen molar-refractivity contribution in [1.29, 1.82) is 0 Å². The number of hydrogen-bond donors (Lipinski definition) is 1. The number of rotatable bonds is 3. The Morgan fingerprint density at radius 3 is 2.89 bits per heavy atom. The van der Waals surface area contributed by atoms with Gasteiger partial charge in [-0.2, -0.15) is 0 Å². The number of aromatic nitrogens is 1. The van der Waals surface area contributed by atoms with Crippen molar-refractivity contribution in [3.63, 3.8) is 0 Å². The maximum atomic E-state index is 12.3. The first-order valence-corrected chi connectivity index (χ1v) is 7.12. The van der Waals surface area contributed by atoms with Gasteiger partial charge in [0.2, 0.25) is 14.9 Å². The highest BCUT2D eigenvalue weighted by Gasteiger charge is 2.35.